The number of carbonyl (C=O) groups excluding carboxylic acids is 2. The SMILES string of the molecule is CC(C)(C)OC(=O)N1CCN(C(=O)CCCCO)CC1. The number of nitrogens with zero attached hydrogens (tertiary/aromatic N) is 2. The maximum absolute atomic E-state index is 11.9. The van der Waals surface area contributed by atoms with Crippen LogP contribution >= 0.6 is 0 Å². The Morgan fingerprint density at radius 1 is 1.05 bits per heavy atom. The second-order valence-electron chi connectivity index (χ2n) is 6.03. The molecule has 0 aromatic carbocycles. The Hall–Kier alpha value is -1.30. The van der Waals surface area contributed by atoms with E-state index in [9.17, 15) is 9.59 Å². The van der Waals surface area contributed by atoms with Crippen LogP contribution in [0.25, 0.3) is 0 Å². The van der Waals surface area contributed by atoms with E-state index in [1.165, 1.54) is 0 Å². The molecule has 2 amide bonds. The molecule has 0 saturated carbocycles. The van der Waals surface area contributed by atoms with Gasteiger partial charge in [0.05, 0.1) is 0 Å². The number of ether oxygens (including phenoxy) is 1. The normalized spacial score (nSPS) is 16.2. The van der Waals surface area contributed by atoms with E-state index in [1.54, 1.807) is 9.80 Å². The number of hydrogen-bond acceptors (Lipinski definition) is 4. The number of piperazine rings is 1. The van der Waals surface area contributed by atoms with Gasteiger partial charge in [0.1, 0.15) is 5.60 Å². The van der Waals surface area contributed by atoms with Crippen molar-refractivity contribution >= 4 is 12.0 Å². The van der Waals surface area contributed by atoms with E-state index in [1.807, 2.05) is 20.8 Å². The first-order valence-corrected chi connectivity index (χ1v) is 7.20. The van der Waals surface area contributed by atoms with Crippen LogP contribution in [0.4, 0.5) is 4.79 Å². The van der Waals surface area contributed by atoms with Gasteiger partial charge in [0.15, 0.2) is 0 Å². The molecule has 0 radical (unpaired) electrons. The molecule has 1 aliphatic heterocycles. The molecular formula is C14H26N2O4. The number of rotatable bonds is 4. The molecule has 0 aromatic rings. The lowest BCUT2D eigenvalue weighted by Crippen LogP contribution is -2.51. The van der Waals surface area contributed by atoms with Crippen molar-refractivity contribution in [2.75, 3.05) is 32.8 Å². The molecule has 1 aliphatic rings. The van der Waals surface area contributed by atoms with Crippen LogP contribution in [0.3, 0.4) is 0 Å². The third-order valence-corrected chi connectivity index (χ3v) is 3.08. The van der Waals surface area contributed by atoms with E-state index >= 15 is 0 Å². The van der Waals surface area contributed by atoms with E-state index in [0.29, 0.717) is 45.4 Å². The molecule has 0 spiro atoms. The highest BCUT2D eigenvalue weighted by Gasteiger charge is 2.27. The van der Waals surface area contributed by atoms with Gasteiger partial charge < -0.3 is 19.6 Å². The molecule has 1 fully saturated rings. The van der Waals surface area contributed by atoms with Crippen molar-refractivity contribution in [3.05, 3.63) is 0 Å². The lowest BCUT2D eigenvalue weighted by molar-refractivity contribution is -0.133. The molecule has 0 atom stereocenters. The van der Waals surface area contributed by atoms with Gasteiger partial charge in [-0.2, -0.15) is 0 Å². The molecule has 0 aromatic heterocycles. The lowest BCUT2D eigenvalue weighted by atomic mass is 10.2. The standard InChI is InChI=1S/C14H26N2O4/c1-14(2,3)20-13(19)16-9-7-15(8-10-16)12(18)6-4-5-11-17/h17H,4-11H2,1-3H3. The van der Waals surface area contributed by atoms with Gasteiger partial charge in [-0.1, -0.05) is 0 Å². The summed E-state index contributed by atoms with van der Waals surface area (Å²) in [7, 11) is 0. The number of unbranched alkanes of at least 4 members (excludes halogenated alkanes) is 1. The minimum Gasteiger partial charge on any atom is -0.444 e. The zero-order chi connectivity index (χ0) is 15.2. The van der Waals surface area contributed by atoms with Crippen LogP contribution in [0.15, 0.2) is 0 Å². The molecule has 6 heteroatoms. The number of hydrogen-bond donors (Lipinski definition) is 1. The fraction of sp³-hybridized carbons (Fsp3) is 0.857. The maximum Gasteiger partial charge on any atom is 0.410 e. The van der Waals surface area contributed by atoms with Gasteiger partial charge in [0.2, 0.25) is 5.91 Å². The molecule has 1 saturated heterocycles. The fourth-order valence-corrected chi connectivity index (χ4v) is 2.01. The minimum absolute atomic E-state index is 0.0993. The smallest absolute Gasteiger partial charge is 0.410 e. The molecule has 0 unspecified atom stereocenters. The monoisotopic (exact) mass is 286 g/mol. The zero-order valence-corrected chi connectivity index (χ0v) is 12.7. The Morgan fingerprint density at radius 3 is 2.10 bits per heavy atom. The summed E-state index contributed by atoms with van der Waals surface area (Å²) in [4.78, 5) is 27.2. The lowest BCUT2D eigenvalue weighted by Gasteiger charge is -2.35. The number of aliphatic hydroxyl groups excluding tert-OH is 1. The summed E-state index contributed by atoms with van der Waals surface area (Å²) in [5, 5.41) is 8.70. The highest BCUT2D eigenvalue weighted by Crippen LogP contribution is 2.12. The van der Waals surface area contributed by atoms with E-state index in [2.05, 4.69) is 0 Å². The van der Waals surface area contributed by atoms with Gasteiger partial charge in [-0.05, 0) is 33.6 Å². The molecule has 20 heavy (non-hydrogen) atoms. The van der Waals surface area contributed by atoms with Crippen LogP contribution < -0.4 is 0 Å². The Bertz CT molecular complexity index is 331. The van der Waals surface area contributed by atoms with Crippen LogP contribution in [0, 0.1) is 0 Å². The largest absolute Gasteiger partial charge is 0.444 e. The zero-order valence-electron chi connectivity index (χ0n) is 12.7. The second-order valence-corrected chi connectivity index (χ2v) is 6.03. The Morgan fingerprint density at radius 2 is 1.60 bits per heavy atom. The topological polar surface area (TPSA) is 70.1 Å². The van der Waals surface area contributed by atoms with Crippen molar-refractivity contribution in [3.63, 3.8) is 0 Å². The number of amides is 2. The van der Waals surface area contributed by atoms with Crippen molar-refractivity contribution in [3.8, 4) is 0 Å². The van der Waals surface area contributed by atoms with Crippen LogP contribution in [0.1, 0.15) is 40.0 Å². The highest BCUT2D eigenvalue weighted by atomic mass is 16.6. The second kappa shape index (κ2) is 7.47. The summed E-state index contributed by atoms with van der Waals surface area (Å²) in [5.74, 6) is 0.0993. The van der Waals surface area contributed by atoms with Crippen LogP contribution in [-0.4, -0.2) is 65.3 Å². The summed E-state index contributed by atoms with van der Waals surface area (Å²) in [6.45, 7) is 7.78. The first-order valence-electron chi connectivity index (χ1n) is 7.20. The molecule has 6 nitrogen and oxygen atoms in total. The molecule has 1 N–H and O–H groups in total. The van der Waals surface area contributed by atoms with E-state index in [-0.39, 0.29) is 18.6 Å². The quantitative estimate of drug-likeness (QED) is 0.789. The molecule has 1 heterocycles. The van der Waals surface area contributed by atoms with Crippen LogP contribution in [0.5, 0.6) is 0 Å². The predicted octanol–water partition coefficient (Wildman–Crippen LogP) is 1.23. The molecule has 0 bridgehead atoms. The third-order valence-electron chi connectivity index (χ3n) is 3.08. The van der Waals surface area contributed by atoms with Crippen molar-refractivity contribution in [2.24, 2.45) is 0 Å². The van der Waals surface area contributed by atoms with Gasteiger partial charge in [-0.15, -0.1) is 0 Å². The molecule has 1 rings (SSSR count). The first-order chi connectivity index (χ1) is 9.33. The van der Waals surface area contributed by atoms with Crippen molar-refractivity contribution in [1.82, 2.24) is 9.80 Å². The van der Waals surface area contributed by atoms with Gasteiger partial charge in [-0.3, -0.25) is 4.79 Å². The summed E-state index contributed by atoms with van der Waals surface area (Å²) >= 11 is 0. The van der Waals surface area contributed by atoms with Crippen LogP contribution in [-0.2, 0) is 9.53 Å². The van der Waals surface area contributed by atoms with Gasteiger partial charge in [0.25, 0.3) is 0 Å². The molecule has 0 aliphatic carbocycles. The molecular weight excluding hydrogens is 260 g/mol. The Balaban J connectivity index is 2.32. The number of carbonyl (C=O) groups is 2. The van der Waals surface area contributed by atoms with Gasteiger partial charge >= 0.3 is 6.09 Å². The summed E-state index contributed by atoms with van der Waals surface area (Å²) in [5.41, 5.74) is -0.492. The van der Waals surface area contributed by atoms with E-state index in [4.69, 9.17) is 9.84 Å². The van der Waals surface area contributed by atoms with Crippen molar-refractivity contribution in [1.29, 1.82) is 0 Å². The Labute approximate surface area is 120 Å². The minimum atomic E-state index is -0.492. The fourth-order valence-electron chi connectivity index (χ4n) is 2.01. The van der Waals surface area contributed by atoms with Crippen LogP contribution in [0.2, 0.25) is 0 Å². The van der Waals surface area contributed by atoms with Gasteiger partial charge in [-0.25, -0.2) is 4.79 Å². The summed E-state index contributed by atoms with van der Waals surface area (Å²) < 4.78 is 5.31. The average Bonchev–Trinajstić information content (AvgIpc) is 2.37. The third kappa shape index (κ3) is 5.77. The predicted molar refractivity (Wildman–Crippen MR) is 75.3 cm³/mol. The van der Waals surface area contributed by atoms with Crippen molar-refractivity contribution < 1.29 is 19.4 Å². The van der Waals surface area contributed by atoms with Crippen molar-refractivity contribution in [2.45, 2.75) is 45.6 Å². The Kier molecular flexibility index (Phi) is 6.26. The first kappa shape index (κ1) is 16.8. The van der Waals surface area contributed by atoms with E-state index < -0.39 is 5.60 Å². The average molecular weight is 286 g/mol. The number of aliphatic hydroxyl groups is 1. The van der Waals surface area contributed by atoms with E-state index in [0.717, 1.165) is 0 Å². The summed E-state index contributed by atoms with van der Waals surface area (Å²) in [6.07, 6.45) is 1.52. The highest BCUT2D eigenvalue weighted by molar-refractivity contribution is 5.76. The maximum atomic E-state index is 11.9. The molecule has 116 valence electrons. The summed E-state index contributed by atoms with van der Waals surface area (Å²) in [6, 6.07) is 0. The van der Waals surface area contributed by atoms with Gasteiger partial charge in [0, 0.05) is 39.2 Å².